The molecule has 0 amide bonds. The van der Waals surface area contributed by atoms with E-state index in [0.717, 1.165) is 0 Å². The summed E-state index contributed by atoms with van der Waals surface area (Å²) in [6, 6.07) is -2.97. The van der Waals surface area contributed by atoms with Crippen LogP contribution in [-0.4, -0.2) is 115 Å². The number of hydrogen-bond acceptors (Lipinski definition) is 14. The number of aliphatic hydroxyl groups excluding tert-OH is 2. The molecule has 0 bridgehead atoms. The molecule has 0 saturated carbocycles. The number of carbonyl (C=O) groups excluding carboxylic acids is 2. The number of ether oxygens (including phenoxy) is 3. The van der Waals surface area contributed by atoms with E-state index in [2.05, 4.69) is 25.2 Å². The van der Waals surface area contributed by atoms with E-state index in [1.54, 1.807) is 0 Å². The van der Waals surface area contributed by atoms with Crippen LogP contribution in [0.15, 0.2) is 15.0 Å². The lowest BCUT2D eigenvalue weighted by molar-refractivity contribution is -0.143. The van der Waals surface area contributed by atoms with E-state index in [4.69, 9.17) is 24.5 Å². The largest absolute Gasteiger partial charge is 0.468 e. The van der Waals surface area contributed by atoms with Crippen molar-refractivity contribution < 1.29 is 47.5 Å². The molecule has 2 unspecified atom stereocenters. The maximum atomic E-state index is 14.2. The maximum Gasteiger partial charge on any atom is 0.342 e. The van der Waals surface area contributed by atoms with E-state index in [0.29, 0.717) is 0 Å². The number of aliphatic hydroxyl groups is 2. The van der Waals surface area contributed by atoms with Crippen molar-refractivity contribution in [2.45, 2.75) is 89.4 Å². The summed E-state index contributed by atoms with van der Waals surface area (Å²) in [6.07, 6.45) is -5.94. The number of esters is 2. The molecule has 3 aliphatic heterocycles. The van der Waals surface area contributed by atoms with Crippen molar-refractivity contribution in [1.82, 2.24) is 15.1 Å². The second kappa shape index (κ2) is 14.3. The zero-order chi connectivity index (χ0) is 31.4. The summed E-state index contributed by atoms with van der Waals surface area (Å²) in [5, 5.41) is 26.9. The number of nitrogens with zero attached hydrogens (tertiary/aromatic N) is 4. The molecule has 42 heavy (non-hydrogen) atoms. The highest BCUT2D eigenvalue weighted by molar-refractivity contribution is 7.54. The lowest BCUT2D eigenvalue weighted by Crippen LogP contribution is -2.51. The Hall–Kier alpha value is -2.53. The van der Waals surface area contributed by atoms with Crippen LogP contribution in [0, 0.1) is 11.8 Å². The van der Waals surface area contributed by atoms with Crippen LogP contribution in [-0.2, 0) is 32.9 Å². The van der Waals surface area contributed by atoms with Crippen LogP contribution >= 0.6 is 7.67 Å². The van der Waals surface area contributed by atoms with Gasteiger partial charge in [-0.05, 0) is 24.7 Å². The molecule has 0 aromatic rings. The molecule has 0 aliphatic carbocycles. The molecule has 238 valence electrons. The number of rotatable bonds is 14. The average Bonchev–Trinajstić information content (AvgIpc) is 3.45. The molecular formula is C24H41FN7O9P. The Morgan fingerprint density at radius 2 is 1.64 bits per heavy atom. The number of fused-ring (bicyclic) bond motifs is 1. The lowest BCUT2D eigenvalue weighted by atomic mass is 10.1. The monoisotopic (exact) mass is 621 g/mol. The summed E-state index contributed by atoms with van der Waals surface area (Å²) in [4.78, 5) is 37.8. The number of methoxy groups -OCH3 is 2. The number of carbonyl (C=O) groups is 2. The predicted molar refractivity (Wildman–Crippen MR) is 149 cm³/mol. The molecular weight excluding hydrogens is 580 g/mol. The van der Waals surface area contributed by atoms with Gasteiger partial charge in [0.05, 0.1) is 27.2 Å². The molecule has 18 heteroatoms. The first-order valence-electron chi connectivity index (χ1n) is 13.5. The van der Waals surface area contributed by atoms with Crippen LogP contribution in [0.3, 0.4) is 0 Å². The molecule has 0 spiro atoms. The summed E-state index contributed by atoms with van der Waals surface area (Å²) in [6.45, 7) is 6.85. The number of nitrogens with two attached hydrogens (primary N) is 1. The molecule has 8 atom stereocenters. The van der Waals surface area contributed by atoms with Gasteiger partial charge < -0.3 is 39.6 Å². The third kappa shape index (κ3) is 8.09. The van der Waals surface area contributed by atoms with Crippen molar-refractivity contribution in [3.05, 3.63) is 0 Å². The van der Waals surface area contributed by atoms with Crippen molar-refractivity contribution in [3.8, 4) is 0 Å². The molecule has 3 aliphatic rings. The summed E-state index contributed by atoms with van der Waals surface area (Å²) in [7, 11) is -1.91. The van der Waals surface area contributed by atoms with Gasteiger partial charge in [0.1, 0.15) is 42.3 Å². The van der Waals surface area contributed by atoms with Crippen LogP contribution in [0.2, 0.25) is 0 Å². The summed E-state index contributed by atoms with van der Waals surface area (Å²) >= 11 is 0. The van der Waals surface area contributed by atoms with Crippen LogP contribution in [0.4, 0.5) is 4.39 Å². The van der Waals surface area contributed by atoms with E-state index in [-0.39, 0.29) is 30.5 Å². The van der Waals surface area contributed by atoms with Gasteiger partial charge in [-0.3, -0.25) is 19.1 Å². The Labute approximate surface area is 243 Å². The van der Waals surface area contributed by atoms with Crippen molar-refractivity contribution >= 4 is 37.9 Å². The van der Waals surface area contributed by atoms with Crippen LogP contribution < -0.4 is 15.9 Å². The van der Waals surface area contributed by atoms with E-state index in [9.17, 15) is 28.8 Å². The zero-order valence-corrected chi connectivity index (χ0v) is 25.3. The van der Waals surface area contributed by atoms with Crippen LogP contribution in [0.1, 0.15) is 40.5 Å². The van der Waals surface area contributed by atoms with Gasteiger partial charge >= 0.3 is 25.7 Å². The highest BCUT2D eigenvalue weighted by Crippen LogP contribution is 2.42. The van der Waals surface area contributed by atoms with Gasteiger partial charge in [-0.1, -0.05) is 27.7 Å². The Morgan fingerprint density at radius 1 is 1.10 bits per heavy atom. The van der Waals surface area contributed by atoms with Crippen molar-refractivity contribution in [2.75, 3.05) is 20.8 Å². The highest BCUT2D eigenvalue weighted by Gasteiger charge is 2.51. The van der Waals surface area contributed by atoms with Crippen molar-refractivity contribution in [2.24, 2.45) is 32.5 Å². The van der Waals surface area contributed by atoms with E-state index in [1.165, 1.54) is 25.5 Å². The zero-order valence-electron chi connectivity index (χ0n) is 24.4. The van der Waals surface area contributed by atoms with E-state index in [1.807, 2.05) is 27.7 Å². The topological polar surface area (TPSA) is 219 Å². The molecule has 3 heterocycles. The predicted octanol–water partition coefficient (Wildman–Crippen LogP) is -0.353. The molecule has 16 nitrogen and oxygen atoms in total. The third-order valence-electron chi connectivity index (χ3n) is 6.80. The smallest absolute Gasteiger partial charge is 0.342 e. The van der Waals surface area contributed by atoms with E-state index < -0.39 is 81.1 Å². The molecule has 0 aromatic carbocycles. The molecule has 1 fully saturated rings. The third-order valence-corrected chi connectivity index (χ3v) is 8.62. The lowest BCUT2D eigenvalue weighted by Gasteiger charge is -2.32. The molecule has 3 rings (SSSR count). The minimum absolute atomic E-state index is 0.0182. The molecule has 0 aromatic heterocycles. The first-order chi connectivity index (χ1) is 19.7. The Balaban J connectivity index is 1.81. The summed E-state index contributed by atoms with van der Waals surface area (Å²) in [5.41, 5.74) is 5.76. The number of nitrogens with one attached hydrogen (secondary N) is 2. The van der Waals surface area contributed by atoms with Gasteiger partial charge in [-0.25, -0.2) is 15.2 Å². The number of hydrogen-bond donors (Lipinski definition) is 5. The SMILES string of the molecule is COC(=O)[C@H](CC(C)C)NP(=O)(N[C@@H](CC(C)C)C(=O)OC)OC[C@H]1O[C@@H](N2C=NC3C(N)=NC(F)=NC32)[C@@H](O)[C@@H]1O. The normalized spacial score (nSPS) is 28.9. The average molecular weight is 622 g/mol. The summed E-state index contributed by atoms with van der Waals surface area (Å²) in [5.74, 6) is -1.55. The fourth-order valence-corrected chi connectivity index (χ4v) is 6.62. The second-order valence-corrected chi connectivity index (χ2v) is 12.9. The Kier molecular flexibility index (Phi) is 11.6. The fourth-order valence-electron chi connectivity index (χ4n) is 4.79. The molecule has 6 N–H and O–H groups in total. The fraction of sp³-hybridized carbons (Fsp3) is 0.792. The Bertz CT molecular complexity index is 1090. The standard InChI is InChI=1S/C24H41FN7O9P/c1-11(2)7-13(22(35)38-5)30-42(37,31-14(8-12(3)4)23(36)39-6)40-9-15-17(33)18(34)21(41-15)32-10-27-16-19(26)28-24(25)29-20(16)32/h10-18,20-21,33-34H,7-9H2,1-6H3,(H2,26,28,29)(H2,30,31,37)/t13-,14-,15+,16?,17+,18-,20?,21+/m0/s1. The number of aliphatic imine (C=N–C) groups is 3. The highest BCUT2D eigenvalue weighted by atomic mass is 31.2. The number of amidine groups is 2. The van der Waals surface area contributed by atoms with Gasteiger partial charge in [0.25, 0.3) is 0 Å². The first kappa shape index (κ1) is 34.0. The number of halogens is 1. The molecule has 1 saturated heterocycles. The first-order valence-corrected chi connectivity index (χ1v) is 15.2. The van der Waals surface area contributed by atoms with Gasteiger partial charge in [-0.2, -0.15) is 9.38 Å². The molecule has 0 radical (unpaired) electrons. The van der Waals surface area contributed by atoms with Crippen LogP contribution in [0.25, 0.3) is 0 Å². The van der Waals surface area contributed by atoms with Gasteiger partial charge in [-0.15, -0.1) is 0 Å². The van der Waals surface area contributed by atoms with Gasteiger partial charge in [0.15, 0.2) is 12.4 Å². The quantitative estimate of drug-likeness (QED) is 0.0952. The summed E-state index contributed by atoms with van der Waals surface area (Å²) < 4.78 is 49.4. The van der Waals surface area contributed by atoms with Crippen molar-refractivity contribution in [3.63, 3.8) is 0 Å². The van der Waals surface area contributed by atoms with Gasteiger partial charge in [0.2, 0.25) is 0 Å². The maximum absolute atomic E-state index is 14.2. The minimum Gasteiger partial charge on any atom is -0.468 e. The van der Waals surface area contributed by atoms with Crippen LogP contribution in [0.5, 0.6) is 0 Å². The second-order valence-electron chi connectivity index (χ2n) is 11.1. The minimum atomic E-state index is -4.28. The van der Waals surface area contributed by atoms with E-state index >= 15 is 0 Å². The van der Waals surface area contributed by atoms with Crippen molar-refractivity contribution in [1.29, 1.82) is 0 Å². The van der Waals surface area contributed by atoms with Gasteiger partial charge in [0, 0.05) is 0 Å². The Morgan fingerprint density at radius 3 is 2.14 bits per heavy atom.